The maximum absolute atomic E-state index is 12.5. The third-order valence-electron chi connectivity index (χ3n) is 3.69. The molecular formula is C17H19N3O4. The smallest absolute Gasteiger partial charge is 0.414 e. The molecule has 1 amide bonds. The van der Waals surface area contributed by atoms with Gasteiger partial charge in [0.15, 0.2) is 0 Å². The molecule has 7 nitrogen and oxygen atoms in total. The van der Waals surface area contributed by atoms with Gasteiger partial charge in [-0.1, -0.05) is 18.2 Å². The molecule has 3 rings (SSSR count). The van der Waals surface area contributed by atoms with E-state index in [1.807, 2.05) is 39.0 Å². The molecule has 0 unspecified atom stereocenters. The Morgan fingerprint density at radius 1 is 1.33 bits per heavy atom. The fraction of sp³-hybridized carbons (Fsp3) is 0.353. The van der Waals surface area contributed by atoms with Crippen LogP contribution in [0.25, 0.3) is 11.3 Å². The summed E-state index contributed by atoms with van der Waals surface area (Å²) in [5.41, 5.74) is 2.36. The number of rotatable bonds is 2. The number of amides is 1. The second-order valence-corrected chi connectivity index (χ2v) is 6.67. The SMILES string of the molecule is CC(C)(C)OC(=O)N1CCc2cccc(-c3cc(C(=O)O)[nH]n3)c21. The first kappa shape index (κ1) is 16.0. The molecule has 126 valence electrons. The molecule has 0 bridgehead atoms. The van der Waals surface area contributed by atoms with Crippen molar-refractivity contribution in [3.05, 3.63) is 35.5 Å². The van der Waals surface area contributed by atoms with Crippen LogP contribution in [0.5, 0.6) is 0 Å². The third-order valence-corrected chi connectivity index (χ3v) is 3.69. The van der Waals surface area contributed by atoms with Gasteiger partial charge in [-0.3, -0.25) is 10.00 Å². The fourth-order valence-electron chi connectivity index (χ4n) is 2.73. The van der Waals surface area contributed by atoms with Crippen molar-refractivity contribution in [2.45, 2.75) is 32.8 Å². The summed E-state index contributed by atoms with van der Waals surface area (Å²) >= 11 is 0. The summed E-state index contributed by atoms with van der Waals surface area (Å²) in [5.74, 6) is -1.08. The average molecular weight is 329 g/mol. The molecule has 1 aliphatic heterocycles. The Morgan fingerprint density at radius 2 is 2.08 bits per heavy atom. The highest BCUT2D eigenvalue weighted by atomic mass is 16.6. The summed E-state index contributed by atoms with van der Waals surface area (Å²) in [7, 11) is 0. The van der Waals surface area contributed by atoms with Gasteiger partial charge in [0.2, 0.25) is 0 Å². The molecule has 7 heteroatoms. The predicted molar refractivity (Wildman–Crippen MR) is 88.3 cm³/mol. The number of aromatic nitrogens is 2. The van der Waals surface area contributed by atoms with Crippen molar-refractivity contribution in [2.75, 3.05) is 11.4 Å². The molecule has 2 heterocycles. The minimum absolute atomic E-state index is 0.00409. The average Bonchev–Trinajstić information content (AvgIpc) is 3.12. The molecule has 0 saturated carbocycles. The number of aromatic carboxylic acids is 1. The Hall–Kier alpha value is -2.83. The minimum Gasteiger partial charge on any atom is -0.477 e. The van der Waals surface area contributed by atoms with Gasteiger partial charge in [0.25, 0.3) is 0 Å². The van der Waals surface area contributed by atoms with Crippen molar-refractivity contribution >= 4 is 17.7 Å². The second-order valence-electron chi connectivity index (χ2n) is 6.67. The van der Waals surface area contributed by atoms with E-state index in [0.717, 1.165) is 17.7 Å². The summed E-state index contributed by atoms with van der Waals surface area (Å²) in [4.78, 5) is 25.1. The predicted octanol–water partition coefficient (Wildman–Crippen LogP) is 3.07. The van der Waals surface area contributed by atoms with Crippen LogP contribution in [0.15, 0.2) is 24.3 Å². The van der Waals surface area contributed by atoms with E-state index in [9.17, 15) is 9.59 Å². The van der Waals surface area contributed by atoms with Crippen LogP contribution in [-0.4, -0.2) is 39.5 Å². The van der Waals surface area contributed by atoms with Gasteiger partial charge in [-0.15, -0.1) is 0 Å². The van der Waals surface area contributed by atoms with Gasteiger partial charge >= 0.3 is 12.1 Å². The number of para-hydroxylation sites is 1. The van der Waals surface area contributed by atoms with Gasteiger partial charge in [-0.2, -0.15) is 5.10 Å². The Kier molecular flexibility index (Phi) is 3.79. The monoisotopic (exact) mass is 329 g/mol. The summed E-state index contributed by atoms with van der Waals surface area (Å²) < 4.78 is 5.48. The van der Waals surface area contributed by atoms with E-state index >= 15 is 0 Å². The Bertz CT molecular complexity index is 804. The van der Waals surface area contributed by atoms with E-state index in [1.54, 1.807) is 4.90 Å². The number of fused-ring (bicyclic) bond motifs is 1. The highest BCUT2D eigenvalue weighted by Crippen LogP contribution is 2.38. The van der Waals surface area contributed by atoms with E-state index in [2.05, 4.69) is 10.2 Å². The van der Waals surface area contributed by atoms with Crippen LogP contribution in [0.4, 0.5) is 10.5 Å². The maximum atomic E-state index is 12.5. The molecule has 2 N–H and O–H groups in total. The Labute approximate surface area is 139 Å². The van der Waals surface area contributed by atoms with Gasteiger partial charge in [0.1, 0.15) is 11.3 Å². The first-order chi connectivity index (χ1) is 11.3. The number of carbonyl (C=O) groups is 2. The summed E-state index contributed by atoms with van der Waals surface area (Å²) in [5, 5.41) is 15.6. The van der Waals surface area contributed by atoms with E-state index in [4.69, 9.17) is 9.84 Å². The molecule has 24 heavy (non-hydrogen) atoms. The molecule has 2 aromatic rings. The highest BCUT2D eigenvalue weighted by molar-refractivity contribution is 5.97. The number of carbonyl (C=O) groups excluding carboxylic acids is 1. The lowest BCUT2D eigenvalue weighted by atomic mass is 10.0. The molecule has 1 aromatic carbocycles. The maximum Gasteiger partial charge on any atom is 0.414 e. The minimum atomic E-state index is -1.08. The van der Waals surface area contributed by atoms with Gasteiger partial charge in [0, 0.05) is 12.1 Å². The van der Waals surface area contributed by atoms with Gasteiger partial charge < -0.3 is 9.84 Å². The lowest BCUT2D eigenvalue weighted by molar-refractivity contribution is 0.0583. The van der Waals surface area contributed by atoms with E-state index in [-0.39, 0.29) is 5.69 Å². The number of ether oxygens (including phenoxy) is 1. The van der Waals surface area contributed by atoms with Crippen molar-refractivity contribution in [1.29, 1.82) is 0 Å². The zero-order valence-electron chi connectivity index (χ0n) is 13.8. The van der Waals surface area contributed by atoms with Crippen molar-refractivity contribution in [2.24, 2.45) is 0 Å². The fourth-order valence-corrected chi connectivity index (χ4v) is 2.73. The zero-order chi connectivity index (χ0) is 17.5. The number of nitrogens with zero attached hydrogens (tertiary/aromatic N) is 2. The van der Waals surface area contributed by atoms with Crippen LogP contribution in [0.2, 0.25) is 0 Å². The molecule has 1 aromatic heterocycles. The Balaban J connectivity index is 2.01. The molecule has 1 aliphatic rings. The topological polar surface area (TPSA) is 95.5 Å². The number of carboxylic acid groups (broad SMARTS) is 1. The Morgan fingerprint density at radius 3 is 2.71 bits per heavy atom. The van der Waals surface area contributed by atoms with Gasteiger partial charge in [-0.05, 0) is 38.8 Å². The summed E-state index contributed by atoms with van der Waals surface area (Å²) in [6.45, 7) is 5.99. The van der Waals surface area contributed by atoms with Gasteiger partial charge in [0.05, 0.1) is 11.4 Å². The molecule has 0 atom stereocenters. The van der Waals surface area contributed by atoms with E-state index in [0.29, 0.717) is 17.8 Å². The standard InChI is InChI=1S/C17H19N3O4/c1-17(2,3)24-16(23)20-8-7-10-5-4-6-11(14(10)20)12-9-13(15(21)22)19-18-12/h4-6,9H,7-8H2,1-3H3,(H,18,19)(H,21,22). The third kappa shape index (κ3) is 2.97. The van der Waals surface area contributed by atoms with Crippen LogP contribution < -0.4 is 4.90 Å². The van der Waals surface area contributed by atoms with Crippen molar-refractivity contribution < 1.29 is 19.4 Å². The normalized spacial score (nSPS) is 13.7. The van der Waals surface area contributed by atoms with Crippen LogP contribution in [0.1, 0.15) is 36.8 Å². The molecule has 0 fully saturated rings. The van der Waals surface area contributed by atoms with Gasteiger partial charge in [-0.25, -0.2) is 9.59 Å². The molecule has 0 spiro atoms. The number of anilines is 1. The molecule has 0 saturated heterocycles. The number of benzene rings is 1. The summed E-state index contributed by atoms with van der Waals surface area (Å²) in [6, 6.07) is 7.11. The van der Waals surface area contributed by atoms with Crippen LogP contribution >= 0.6 is 0 Å². The zero-order valence-corrected chi connectivity index (χ0v) is 13.8. The first-order valence-corrected chi connectivity index (χ1v) is 7.68. The number of aromatic amines is 1. The van der Waals surface area contributed by atoms with Crippen molar-refractivity contribution in [1.82, 2.24) is 10.2 Å². The second kappa shape index (κ2) is 5.67. The quantitative estimate of drug-likeness (QED) is 0.883. The van der Waals surface area contributed by atoms with Crippen LogP contribution in [0, 0.1) is 0 Å². The van der Waals surface area contributed by atoms with Crippen molar-refractivity contribution in [3.63, 3.8) is 0 Å². The van der Waals surface area contributed by atoms with Crippen LogP contribution in [0.3, 0.4) is 0 Å². The number of hydrogen-bond acceptors (Lipinski definition) is 4. The number of H-pyrrole nitrogens is 1. The molecule has 0 radical (unpaired) electrons. The molecular weight excluding hydrogens is 310 g/mol. The van der Waals surface area contributed by atoms with Crippen LogP contribution in [-0.2, 0) is 11.2 Å². The lowest BCUT2D eigenvalue weighted by Gasteiger charge is -2.25. The molecule has 0 aliphatic carbocycles. The number of nitrogens with one attached hydrogen (secondary N) is 1. The largest absolute Gasteiger partial charge is 0.477 e. The van der Waals surface area contributed by atoms with Crippen molar-refractivity contribution in [3.8, 4) is 11.3 Å². The summed E-state index contributed by atoms with van der Waals surface area (Å²) in [6.07, 6.45) is 0.307. The van der Waals surface area contributed by atoms with E-state index in [1.165, 1.54) is 6.07 Å². The first-order valence-electron chi connectivity index (χ1n) is 7.68. The number of hydrogen-bond donors (Lipinski definition) is 2. The highest BCUT2D eigenvalue weighted by Gasteiger charge is 2.31. The number of carboxylic acids is 1. The lowest BCUT2D eigenvalue weighted by Crippen LogP contribution is -2.35. The van der Waals surface area contributed by atoms with E-state index < -0.39 is 17.7 Å².